The molecular formula is C27H32N2O5S. The average Bonchev–Trinajstić information content (AvgIpc) is 2.86. The van der Waals surface area contributed by atoms with Crippen LogP contribution in [0, 0.1) is 6.92 Å². The van der Waals surface area contributed by atoms with Gasteiger partial charge in [-0.1, -0.05) is 35.9 Å². The third-order valence-corrected chi connectivity index (χ3v) is 7.26. The fourth-order valence-electron chi connectivity index (χ4n) is 3.60. The smallest absolute Gasteiger partial charge is 0.264 e. The molecule has 0 aliphatic rings. The predicted molar refractivity (Wildman–Crippen MR) is 138 cm³/mol. The third kappa shape index (κ3) is 6.99. The second kappa shape index (κ2) is 12.3. The Morgan fingerprint density at radius 1 is 0.971 bits per heavy atom. The molecule has 0 fully saturated rings. The zero-order valence-electron chi connectivity index (χ0n) is 20.4. The summed E-state index contributed by atoms with van der Waals surface area (Å²) in [5.74, 6) is 1.06. The number of carbonyl (C=O) groups excluding carboxylic acids is 1. The zero-order valence-corrected chi connectivity index (χ0v) is 21.2. The number of hydrogen-bond acceptors (Lipinski definition) is 5. The summed E-state index contributed by atoms with van der Waals surface area (Å²) in [5.41, 5.74) is 2.40. The third-order valence-electron chi connectivity index (χ3n) is 5.47. The van der Waals surface area contributed by atoms with Gasteiger partial charge in [-0.15, -0.1) is 0 Å². The summed E-state index contributed by atoms with van der Waals surface area (Å²) < 4.78 is 38.9. The molecule has 0 heterocycles. The first kappa shape index (κ1) is 26.1. The summed E-state index contributed by atoms with van der Waals surface area (Å²) in [6.45, 7) is 4.50. The van der Waals surface area contributed by atoms with Gasteiger partial charge >= 0.3 is 0 Å². The molecule has 3 aromatic carbocycles. The Morgan fingerprint density at radius 3 is 2.31 bits per heavy atom. The molecule has 186 valence electrons. The van der Waals surface area contributed by atoms with Gasteiger partial charge in [0.25, 0.3) is 10.0 Å². The van der Waals surface area contributed by atoms with Crippen molar-refractivity contribution in [3.05, 3.63) is 83.9 Å². The molecule has 0 aromatic heterocycles. The van der Waals surface area contributed by atoms with E-state index in [9.17, 15) is 13.2 Å². The van der Waals surface area contributed by atoms with Crippen LogP contribution in [0.5, 0.6) is 11.5 Å². The Hall–Kier alpha value is -3.52. The normalized spacial score (nSPS) is 11.1. The van der Waals surface area contributed by atoms with Gasteiger partial charge in [0, 0.05) is 6.54 Å². The number of hydrogen-bond donors (Lipinski definition) is 1. The zero-order chi connectivity index (χ0) is 25.3. The second-order valence-electron chi connectivity index (χ2n) is 8.02. The lowest BCUT2D eigenvalue weighted by molar-refractivity contribution is -0.119. The summed E-state index contributed by atoms with van der Waals surface area (Å²) in [5, 5.41) is 2.85. The molecule has 7 nitrogen and oxygen atoms in total. The number of rotatable bonds is 12. The van der Waals surface area contributed by atoms with Crippen LogP contribution >= 0.6 is 0 Å². The summed E-state index contributed by atoms with van der Waals surface area (Å²) in [4.78, 5) is 12.9. The molecule has 0 radical (unpaired) electrons. The number of ether oxygens (including phenoxy) is 2. The number of nitrogens with zero attached hydrogens (tertiary/aromatic N) is 1. The lowest BCUT2D eigenvalue weighted by Crippen LogP contribution is -2.41. The first-order valence-electron chi connectivity index (χ1n) is 11.6. The molecule has 1 amide bonds. The number of anilines is 1. The standard InChI is InChI=1S/C27H32N2O5S/c1-4-34-26-10-6-5-8-22(26)9-7-19-28-27(30)20-29(23-13-15-24(33-3)16-14-23)35(31,32)25-17-11-21(2)12-18-25/h5-6,8,10-18H,4,7,9,19-20H2,1-3H3,(H,28,30). The minimum absolute atomic E-state index is 0.124. The van der Waals surface area contributed by atoms with E-state index in [0.717, 1.165) is 27.6 Å². The van der Waals surface area contributed by atoms with Crippen LogP contribution in [-0.2, 0) is 21.2 Å². The Morgan fingerprint density at radius 2 is 1.66 bits per heavy atom. The van der Waals surface area contributed by atoms with E-state index in [0.29, 0.717) is 31.0 Å². The number of nitrogens with one attached hydrogen (secondary N) is 1. The molecule has 35 heavy (non-hydrogen) atoms. The predicted octanol–water partition coefficient (Wildman–Crippen LogP) is 4.35. The van der Waals surface area contributed by atoms with Gasteiger partial charge < -0.3 is 14.8 Å². The average molecular weight is 497 g/mol. The molecule has 0 saturated carbocycles. The Balaban J connectivity index is 1.70. The van der Waals surface area contributed by atoms with Crippen molar-refractivity contribution in [1.29, 1.82) is 0 Å². The van der Waals surface area contributed by atoms with Gasteiger partial charge in [0.1, 0.15) is 18.0 Å². The molecule has 0 unspecified atom stereocenters. The van der Waals surface area contributed by atoms with Crippen molar-refractivity contribution in [1.82, 2.24) is 5.32 Å². The van der Waals surface area contributed by atoms with E-state index >= 15 is 0 Å². The van der Waals surface area contributed by atoms with Gasteiger partial charge in [0.15, 0.2) is 0 Å². The Labute approximate surface area is 207 Å². The molecule has 0 aliphatic carbocycles. The van der Waals surface area contributed by atoms with E-state index in [2.05, 4.69) is 5.32 Å². The first-order valence-corrected chi connectivity index (χ1v) is 13.0. The summed E-state index contributed by atoms with van der Waals surface area (Å²) in [7, 11) is -2.42. The number of aryl methyl sites for hydroxylation is 2. The fourth-order valence-corrected chi connectivity index (χ4v) is 5.02. The molecule has 0 bridgehead atoms. The topological polar surface area (TPSA) is 84.9 Å². The van der Waals surface area contributed by atoms with Gasteiger partial charge in [0.05, 0.1) is 24.3 Å². The van der Waals surface area contributed by atoms with Crippen LogP contribution in [0.3, 0.4) is 0 Å². The second-order valence-corrected chi connectivity index (χ2v) is 9.88. The number of methoxy groups -OCH3 is 1. The van der Waals surface area contributed by atoms with Crippen molar-refractivity contribution in [2.24, 2.45) is 0 Å². The lowest BCUT2D eigenvalue weighted by Gasteiger charge is -2.24. The largest absolute Gasteiger partial charge is 0.497 e. The van der Waals surface area contributed by atoms with Crippen LogP contribution in [0.2, 0.25) is 0 Å². The monoisotopic (exact) mass is 496 g/mol. The van der Waals surface area contributed by atoms with Crippen molar-refractivity contribution >= 4 is 21.6 Å². The van der Waals surface area contributed by atoms with Crippen LogP contribution < -0.4 is 19.1 Å². The van der Waals surface area contributed by atoms with Gasteiger partial charge in [-0.25, -0.2) is 8.42 Å². The Bertz CT molecular complexity index is 1210. The molecule has 3 rings (SSSR count). The molecule has 3 aromatic rings. The maximum Gasteiger partial charge on any atom is 0.264 e. The highest BCUT2D eigenvalue weighted by atomic mass is 32.2. The van der Waals surface area contributed by atoms with Crippen molar-refractivity contribution in [2.75, 3.05) is 31.1 Å². The van der Waals surface area contributed by atoms with E-state index < -0.39 is 10.0 Å². The van der Waals surface area contributed by atoms with Crippen LogP contribution in [-0.4, -0.2) is 41.1 Å². The number of sulfonamides is 1. The van der Waals surface area contributed by atoms with E-state index in [1.807, 2.05) is 38.1 Å². The van der Waals surface area contributed by atoms with E-state index in [4.69, 9.17) is 9.47 Å². The highest BCUT2D eigenvalue weighted by Crippen LogP contribution is 2.26. The van der Waals surface area contributed by atoms with Gasteiger partial charge in [0.2, 0.25) is 5.91 Å². The quantitative estimate of drug-likeness (QED) is 0.377. The highest BCUT2D eigenvalue weighted by Gasteiger charge is 2.27. The minimum Gasteiger partial charge on any atom is -0.497 e. The summed E-state index contributed by atoms with van der Waals surface area (Å²) in [6.07, 6.45) is 1.43. The van der Waals surface area contributed by atoms with Crippen LogP contribution in [0.15, 0.2) is 77.7 Å². The highest BCUT2D eigenvalue weighted by molar-refractivity contribution is 7.92. The molecule has 1 N–H and O–H groups in total. The molecule has 0 aliphatic heterocycles. The van der Waals surface area contributed by atoms with E-state index in [1.165, 1.54) is 7.11 Å². The number of amides is 1. The molecule has 0 saturated heterocycles. The minimum atomic E-state index is -3.96. The van der Waals surface area contributed by atoms with Gasteiger partial charge in [-0.05, 0) is 74.7 Å². The number of benzene rings is 3. The van der Waals surface area contributed by atoms with E-state index in [1.54, 1.807) is 48.5 Å². The SMILES string of the molecule is CCOc1ccccc1CCCNC(=O)CN(c1ccc(OC)cc1)S(=O)(=O)c1ccc(C)cc1. The molecule has 8 heteroatoms. The Kier molecular flexibility index (Phi) is 9.14. The number of carbonyl (C=O) groups is 1. The maximum atomic E-state index is 13.4. The fraction of sp³-hybridized carbons (Fsp3) is 0.296. The van der Waals surface area contributed by atoms with Crippen molar-refractivity contribution in [3.8, 4) is 11.5 Å². The summed E-state index contributed by atoms with van der Waals surface area (Å²) in [6, 6.07) is 21.0. The van der Waals surface area contributed by atoms with E-state index in [-0.39, 0.29) is 17.3 Å². The molecule has 0 spiro atoms. The van der Waals surface area contributed by atoms with Crippen molar-refractivity contribution in [3.63, 3.8) is 0 Å². The molecular weight excluding hydrogens is 464 g/mol. The summed E-state index contributed by atoms with van der Waals surface area (Å²) >= 11 is 0. The van der Waals surface area contributed by atoms with Crippen molar-refractivity contribution in [2.45, 2.75) is 31.6 Å². The van der Waals surface area contributed by atoms with Gasteiger partial charge in [-0.2, -0.15) is 0 Å². The van der Waals surface area contributed by atoms with Crippen molar-refractivity contribution < 1.29 is 22.7 Å². The first-order chi connectivity index (χ1) is 16.8. The van der Waals surface area contributed by atoms with Crippen LogP contribution in [0.1, 0.15) is 24.5 Å². The lowest BCUT2D eigenvalue weighted by atomic mass is 10.1. The number of para-hydroxylation sites is 1. The van der Waals surface area contributed by atoms with Gasteiger partial charge in [-0.3, -0.25) is 9.10 Å². The van der Waals surface area contributed by atoms with Crippen LogP contribution in [0.4, 0.5) is 5.69 Å². The van der Waals surface area contributed by atoms with Crippen LogP contribution in [0.25, 0.3) is 0 Å². The maximum absolute atomic E-state index is 13.4. The molecule has 0 atom stereocenters.